The minimum atomic E-state index is -3.43. The first-order chi connectivity index (χ1) is 12.8. The fourth-order valence-electron chi connectivity index (χ4n) is 2.43. The standard InChI is InChI=1S/C19H23ClN2O3S2/c1-14(2)22-27(24,25)13-16-8-4-3-7-15(16)11-21-19(23)12-26-18-10-6-5-9-17(18)20/h3-10,14,22H,11-13H2,1-2H3,(H,21,23). The average Bonchev–Trinajstić information content (AvgIpc) is 2.59. The predicted octanol–water partition coefficient (Wildman–Crippen LogP) is 3.58. The molecule has 0 bridgehead atoms. The Morgan fingerprint density at radius 2 is 1.70 bits per heavy atom. The lowest BCUT2D eigenvalue weighted by Gasteiger charge is -2.13. The normalized spacial score (nSPS) is 11.6. The molecule has 0 fully saturated rings. The lowest BCUT2D eigenvalue weighted by Crippen LogP contribution is -2.32. The van der Waals surface area contributed by atoms with Gasteiger partial charge in [-0.3, -0.25) is 4.79 Å². The van der Waals surface area contributed by atoms with E-state index in [4.69, 9.17) is 11.6 Å². The second-order valence-corrected chi connectivity index (χ2v) is 9.47. The minimum absolute atomic E-state index is 0.119. The van der Waals surface area contributed by atoms with Gasteiger partial charge in [0.1, 0.15) is 0 Å². The molecule has 0 unspecified atom stereocenters. The van der Waals surface area contributed by atoms with Crippen molar-refractivity contribution in [1.82, 2.24) is 10.0 Å². The van der Waals surface area contributed by atoms with Crippen LogP contribution in [-0.2, 0) is 27.1 Å². The van der Waals surface area contributed by atoms with Gasteiger partial charge in [0.25, 0.3) is 0 Å². The van der Waals surface area contributed by atoms with E-state index in [0.717, 1.165) is 10.5 Å². The molecule has 0 aliphatic rings. The summed E-state index contributed by atoms with van der Waals surface area (Å²) < 4.78 is 26.9. The molecule has 0 aliphatic carbocycles. The number of thioether (sulfide) groups is 1. The second kappa shape index (κ2) is 10.1. The smallest absolute Gasteiger partial charge is 0.230 e. The monoisotopic (exact) mass is 426 g/mol. The lowest BCUT2D eigenvalue weighted by atomic mass is 10.1. The van der Waals surface area contributed by atoms with Crippen LogP contribution in [0.1, 0.15) is 25.0 Å². The van der Waals surface area contributed by atoms with Crippen molar-refractivity contribution in [3.05, 3.63) is 64.7 Å². The molecule has 0 saturated heterocycles. The van der Waals surface area contributed by atoms with E-state index in [1.54, 1.807) is 32.0 Å². The van der Waals surface area contributed by atoms with E-state index in [-0.39, 0.29) is 30.0 Å². The van der Waals surface area contributed by atoms with E-state index < -0.39 is 10.0 Å². The Bertz CT molecular complexity index is 886. The summed E-state index contributed by atoms with van der Waals surface area (Å²) in [4.78, 5) is 13.0. The molecule has 0 saturated carbocycles. The summed E-state index contributed by atoms with van der Waals surface area (Å²) in [7, 11) is -3.43. The van der Waals surface area contributed by atoms with Crippen molar-refractivity contribution in [1.29, 1.82) is 0 Å². The topological polar surface area (TPSA) is 75.3 Å². The van der Waals surface area contributed by atoms with Crippen molar-refractivity contribution >= 4 is 39.3 Å². The number of nitrogens with one attached hydrogen (secondary N) is 2. The molecule has 2 N–H and O–H groups in total. The van der Waals surface area contributed by atoms with E-state index in [0.29, 0.717) is 10.6 Å². The summed E-state index contributed by atoms with van der Waals surface area (Å²) in [6, 6.07) is 14.4. The molecule has 0 radical (unpaired) electrons. The summed E-state index contributed by atoms with van der Waals surface area (Å²) in [5, 5.41) is 3.45. The molecule has 0 atom stereocenters. The number of sulfonamides is 1. The van der Waals surface area contributed by atoms with Crippen LogP contribution in [0.2, 0.25) is 5.02 Å². The molecule has 2 rings (SSSR count). The number of hydrogen-bond acceptors (Lipinski definition) is 4. The molecule has 0 aliphatic heterocycles. The Labute approximate surface area is 169 Å². The van der Waals surface area contributed by atoms with Crippen molar-refractivity contribution in [2.45, 2.75) is 37.1 Å². The maximum absolute atomic E-state index is 12.2. The van der Waals surface area contributed by atoms with Crippen LogP contribution < -0.4 is 10.0 Å². The fraction of sp³-hybridized carbons (Fsp3) is 0.316. The van der Waals surface area contributed by atoms with Crippen molar-refractivity contribution in [2.24, 2.45) is 0 Å². The van der Waals surface area contributed by atoms with Crippen molar-refractivity contribution in [3.8, 4) is 0 Å². The Morgan fingerprint density at radius 1 is 1.07 bits per heavy atom. The van der Waals surface area contributed by atoms with Gasteiger partial charge < -0.3 is 5.32 Å². The molecular weight excluding hydrogens is 404 g/mol. The molecule has 5 nitrogen and oxygen atoms in total. The Morgan fingerprint density at radius 3 is 2.37 bits per heavy atom. The fourth-order valence-corrected chi connectivity index (χ4v) is 4.99. The Hall–Kier alpha value is -1.54. The third-order valence-electron chi connectivity index (χ3n) is 3.55. The van der Waals surface area contributed by atoms with Crippen molar-refractivity contribution in [2.75, 3.05) is 5.75 Å². The maximum Gasteiger partial charge on any atom is 0.230 e. The zero-order valence-corrected chi connectivity index (χ0v) is 17.6. The largest absolute Gasteiger partial charge is 0.351 e. The third kappa shape index (κ3) is 7.54. The molecule has 0 spiro atoms. The molecular formula is C19H23ClN2O3S2. The van der Waals surface area contributed by atoms with Crippen LogP contribution in [0.4, 0.5) is 0 Å². The zero-order chi connectivity index (χ0) is 19.9. The highest BCUT2D eigenvalue weighted by Crippen LogP contribution is 2.26. The van der Waals surface area contributed by atoms with Gasteiger partial charge in [-0.2, -0.15) is 0 Å². The van der Waals surface area contributed by atoms with Crippen LogP contribution in [-0.4, -0.2) is 26.1 Å². The first-order valence-corrected chi connectivity index (χ1v) is 11.5. The highest BCUT2D eigenvalue weighted by atomic mass is 35.5. The second-order valence-electron chi connectivity index (χ2n) is 6.30. The highest BCUT2D eigenvalue weighted by Gasteiger charge is 2.15. The van der Waals surface area contributed by atoms with Gasteiger partial charge in [0.05, 0.1) is 16.5 Å². The van der Waals surface area contributed by atoms with Gasteiger partial charge >= 0.3 is 0 Å². The van der Waals surface area contributed by atoms with E-state index >= 15 is 0 Å². The van der Waals surface area contributed by atoms with E-state index in [1.807, 2.05) is 30.3 Å². The van der Waals surface area contributed by atoms with Crippen LogP contribution in [0, 0.1) is 0 Å². The summed E-state index contributed by atoms with van der Waals surface area (Å²) in [5.74, 6) is -0.0251. The number of amides is 1. The SMILES string of the molecule is CC(C)NS(=O)(=O)Cc1ccccc1CNC(=O)CSc1ccccc1Cl. The Kier molecular flexibility index (Phi) is 8.16. The summed E-state index contributed by atoms with van der Waals surface area (Å²) in [6.45, 7) is 3.83. The van der Waals surface area contributed by atoms with Gasteiger partial charge in [-0.1, -0.05) is 48.0 Å². The number of benzene rings is 2. The number of carbonyl (C=O) groups excluding carboxylic acids is 1. The number of carbonyl (C=O) groups is 1. The van der Waals surface area contributed by atoms with Gasteiger partial charge in [0.15, 0.2) is 0 Å². The molecule has 146 valence electrons. The summed E-state index contributed by atoms with van der Waals surface area (Å²) in [6.07, 6.45) is 0. The number of rotatable bonds is 9. The predicted molar refractivity (Wildman–Crippen MR) is 111 cm³/mol. The molecule has 0 aromatic heterocycles. The lowest BCUT2D eigenvalue weighted by molar-refractivity contribution is -0.118. The van der Waals surface area contributed by atoms with Crippen LogP contribution >= 0.6 is 23.4 Å². The number of hydrogen-bond donors (Lipinski definition) is 2. The highest BCUT2D eigenvalue weighted by molar-refractivity contribution is 8.00. The van der Waals surface area contributed by atoms with E-state index in [1.165, 1.54) is 11.8 Å². The van der Waals surface area contributed by atoms with E-state index in [2.05, 4.69) is 10.0 Å². The van der Waals surface area contributed by atoms with Gasteiger partial charge in [0, 0.05) is 17.5 Å². The van der Waals surface area contributed by atoms with Crippen LogP contribution in [0.3, 0.4) is 0 Å². The first kappa shape index (κ1) is 21.8. The minimum Gasteiger partial charge on any atom is -0.351 e. The van der Waals surface area contributed by atoms with E-state index in [9.17, 15) is 13.2 Å². The van der Waals surface area contributed by atoms with Gasteiger partial charge in [-0.05, 0) is 37.1 Å². The molecule has 8 heteroatoms. The third-order valence-corrected chi connectivity index (χ3v) is 6.59. The quantitative estimate of drug-likeness (QED) is 0.601. The van der Waals surface area contributed by atoms with Crippen LogP contribution in [0.5, 0.6) is 0 Å². The van der Waals surface area contributed by atoms with Crippen molar-refractivity contribution < 1.29 is 13.2 Å². The molecule has 2 aromatic carbocycles. The number of halogens is 1. The zero-order valence-electron chi connectivity index (χ0n) is 15.2. The molecule has 2 aromatic rings. The first-order valence-electron chi connectivity index (χ1n) is 8.47. The van der Waals surface area contributed by atoms with Gasteiger partial charge in [0.2, 0.25) is 15.9 Å². The van der Waals surface area contributed by atoms with Gasteiger partial charge in [-0.25, -0.2) is 13.1 Å². The van der Waals surface area contributed by atoms with Crippen molar-refractivity contribution in [3.63, 3.8) is 0 Å². The molecule has 0 heterocycles. The Balaban J connectivity index is 1.94. The van der Waals surface area contributed by atoms with Gasteiger partial charge in [-0.15, -0.1) is 11.8 Å². The molecule has 27 heavy (non-hydrogen) atoms. The maximum atomic E-state index is 12.2. The summed E-state index contributed by atoms with van der Waals surface area (Å²) >= 11 is 7.44. The summed E-state index contributed by atoms with van der Waals surface area (Å²) in [5.41, 5.74) is 1.45. The average molecular weight is 427 g/mol. The van der Waals surface area contributed by atoms with Crippen LogP contribution in [0.25, 0.3) is 0 Å². The molecule has 1 amide bonds. The van der Waals surface area contributed by atoms with Crippen LogP contribution in [0.15, 0.2) is 53.4 Å².